The molecule has 1 aliphatic rings. The van der Waals surface area contributed by atoms with Crippen LogP contribution in [0.2, 0.25) is 5.02 Å². The number of aromatic carboxylic acids is 1. The molecule has 1 saturated heterocycles. The lowest BCUT2D eigenvalue weighted by Gasteiger charge is -2.26. The van der Waals surface area contributed by atoms with E-state index in [2.05, 4.69) is 5.32 Å². The highest BCUT2D eigenvalue weighted by Crippen LogP contribution is 2.34. The zero-order valence-corrected chi connectivity index (χ0v) is 19.6. The quantitative estimate of drug-likeness (QED) is 0.362. The first-order chi connectivity index (χ1) is 17.3. The standard InChI is InChI=1S/C26H19ClN2O7/c1-35-21-7-3-5-16(22(21)36-14-15-4-2-6-17(12-15)25(32)33)13-20-23(30)28-26(34)29(24(20)31)19-10-8-18(27)9-11-19/h2-13H,14H2,1H3,(H,32,33)(H,28,30,34)/b20-13+. The van der Waals surface area contributed by atoms with Crippen molar-refractivity contribution in [3.63, 3.8) is 0 Å². The minimum atomic E-state index is -1.07. The zero-order chi connectivity index (χ0) is 25.8. The number of benzene rings is 3. The minimum absolute atomic E-state index is 0.00675. The maximum Gasteiger partial charge on any atom is 0.335 e. The van der Waals surface area contributed by atoms with Gasteiger partial charge in [-0.15, -0.1) is 0 Å². The number of hydrogen-bond donors (Lipinski definition) is 2. The Morgan fingerprint density at radius 1 is 1.06 bits per heavy atom. The Balaban J connectivity index is 1.69. The zero-order valence-electron chi connectivity index (χ0n) is 18.9. The average molecular weight is 507 g/mol. The van der Waals surface area contributed by atoms with Gasteiger partial charge in [0, 0.05) is 10.6 Å². The molecule has 0 atom stereocenters. The molecule has 4 rings (SSSR count). The minimum Gasteiger partial charge on any atom is -0.493 e. The van der Waals surface area contributed by atoms with Gasteiger partial charge in [-0.1, -0.05) is 35.9 Å². The predicted molar refractivity (Wildman–Crippen MR) is 131 cm³/mol. The molecule has 1 heterocycles. The van der Waals surface area contributed by atoms with Crippen LogP contribution in [0, 0.1) is 0 Å². The van der Waals surface area contributed by atoms with Crippen LogP contribution in [0.1, 0.15) is 21.5 Å². The number of ether oxygens (including phenoxy) is 2. The first-order valence-electron chi connectivity index (χ1n) is 10.6. The highest BCUT2D eigenvalue weighted by molar-refractivity contribution is 6.39. The second kappa shape index (κ2) is 10.3. The van der Waals surface area contributed by atoms with Gasteiger partial charge in [0.05, 0.1) is 18.4 Å². The first kappa shape index (κ1) is 24.5. The van der Waals surface area contributed by atoms with Crippen molar-refractivity contribution in [2.75, 3.05) is 12.0 Å². The molecule has 0 aliphatic carbocycles. The summed E-state index contributed by atoms with van der Waals surface area (Å²) in [4.78, 5) is 50.3. The molecule has 0 radical (unpaired) electrons. The Morgan fingerprint density at radius 2 is 1.78 bits per heavy atom. The summed E-state index contributed by atoms with van der Waals surface area (Å²) in [5.74, 6) is -2.20. The molecule has 3 aromatic carbocycles. The number of urea groups is 1. The molecule has 0 aromatic heterocycles. The molecule has 9 nitrogen and oxygen atoms in total. The summed E-state index contributed by atoms with van der Waals surface area (Å²) in [6.45, 7) is -0.00675. The molecule has 4 amide bonds. The number of hydrogen-bond acceptors (Lipinski definition) is 6. The van der Waals surface area contributed by atoms with Crippen LogP contribution in [0.5, 0.6) is 11.5 Å². The van der Waals surface area contributed by atoms with Crippen LogP contribution in [-0.4, -0.2) is 36.0 Å². The third-order valence-electron chi connectivity index (χ3n) is 5.27. The number of carbonyl (C=O) groups excluding carboxylic acids is 3. The molecule has 1 fully saturated rings. The van der Waals surface area contributed by atoms with Crippen LogP contribution in [-0.2, 0) is 16.2 Å². The number of nitrogens with zero attached hydrogens (tertiary/aromatic N) is 1. The van der Waals surface area contributed by atoms with Gasteiger partial charge in [0.2, 0.25) is 0 Å². The molecular weight excluding hydrogens is 488 g/mol. The summed E-state index contributed by atoms with van der Waals surface area (Å²) < 4.78 is 11.3. The van der Waals surface area contributed by atoms with Crippen molar-refractivity contribution >= 4 is 47.2 Å². The van der Waals surface area contributed by atoms with Crippen LogP contribution in [0.15, 0.2) is 72.3 Å². The fourth-order valence-electron chi connectivity index (χ4n) is 3.55. The number of carboxylic acid groups (broad SMARTS) is 1. The molecule has 36 heavy (non-hydrogen) atoms. The van der Waals surface area contributed by atoms with Crippen molar-refractivity contribution < 1.29 is 33.8 Å². The number of barbiturate groups is 1. The number of halogens is 1. The Bertz CT molecular complexity index is 1400. The Hall–Kier alpha value is -4.63. The summed E-state index contributed by atoms with van der Waals surface area (Å²) in [6, 6.07) is 16.3. The number of carbonyl (C=O) groups is 4. The van der Waals surface area contributed by atoms with E-state index in [9.17, 15) is 24.3 Å². The SMILES string of the molecule is COc1cccc(/C=C2\C(=O)NC(=O)N(c3ccc(Cl)cc3)C2=O)c1OCc1cccc(C(=O)O)c1. The van der Waals surface area contributed by atoms with Crippen LogP contribution >= 0.6 is 11.6 Å². The fraction of sp³-hybridized carbons (Fsp3) is 0.0769. The van der Waals surface area contributed by atoms with Gasteiger partial charge in [-0.3, -0.25) is 14.9 Å². The van der Waals surface area contributed by atoms with Gasteiger partial charge >= 0.3 is 12.0 Å². The van der Waals surface area contributed by atoms with Crippen LogP contribution < -0.4 is 19.7 Å². The van der Waals surface area contributed by atoms with Gasteiger partial charge in [-0.25, -0.2) is 14.5 Å². The third-order valence-corrected chi connectivity index (χ3v) is 5.52. The van der Waals surface area contributed by atoms with Gasteiger partial charge in [-0.05, 0) is 54.1 Å². The fourth-order valence-corrected chi connectivity index (χ4v) is 3.67. The van der Waals surface area contributed by atoms with Crippen molar-refractivity contribution in [3.05, 3.63) is 94.0 Å². The van der Waals surface area contributed by atoms with E-state index in [0.717, 1.165) is 4.90 Å². The molecule has 1 aliphatic heterocycles. The number of anilines is 1. The van der Waals surface area contributed by atoms with Gasteiger partial charge in [0.25, 0.3) is 11.8 Å². The van der Waals surface area contributed by atoms with E-state index in [1.165, 1.54) is 49.6 Å². The predicted octanol–water partition coefficient (Wildman–Crippen LogP) is 4.29. The van der Waals surface area contributed by atoms with Crippen molar-refractivity contribution in [1.82, 2.24) is 5.32 Å². The second-order valence-corrected chi connectivity index (χ2v) is 8.04. The van der Waals surface area contributed by atoms with E-state index in [1.807, 2.05) is 0 Å². The number of nitrogens with one attached hydrogen (secondary N) is 1. The second-order valence-electron chi connectivity index (χ2n) is 7.61. The highest BCUT2D eigenvalue weighted by atomic mass is 35.5. The molecule has 0 saturated carbocycles. The normalized spacial score (nSPS) is 14.6. The monoisotopic (exact) mass is 506 g/mol. The summed E-state index contributed by atoms with van der Waals surface area (Å²) in [5.41, 5.74) is 0.976. The van der Waals surface area contributed by atoms with E-state index in [1.54, 1.807) is 30.3 Å². The molecule has 0 unspecified atom stereocenters. The van der Waals surface area contributed by atoms with Crippen molar-refractivity contribution in [2.45, 2.75) is 6.61 Å². The summed E-state index contributed by atoms with van der Waals surface area (Å²) in [6.07, 6.45) is 1.30. The third kappa shape index (κ3) is 5.06. The van der Waals surface area contributed by atoms with Crippen LogP contribution in [0.25, 0.3) is 6.08 Å². The van der Waals surface area contributed by atoms with E-state index in [4.69, 9.17) is 21.1 Å². The largest absolute Gasteiger partial charge is 0.493 e. The number of carboxylic acids is 1. The van der Waals surface area contributed by atoms with Crippen molar-refractivity contribution in [3.8, 4) is 11.5 Å². The van der Waals surface area contributed by atoms with E-state index in [0.29, 0.717) is 21.9 Å². The number of rotatable bonds is 7. The Kier molecular flexibility index (Phi) is 7.03. The molecule has 0 spiro atoms. The highest BCUT2D eigenvalue weighted by Gasteiger charge is 2.37. The molecule has 0 bridgehead atoms. The van der Waals surface area contributed by atoms with Gasteiger partial charge in [0.1, 0.15) is 12.2 Å². The molecule has 3 aromatic rings. The van der Waals surface area contributed by atoms with E-state index in [-0.39, 0.29) is 29.2 Å². The van der Waals surface area contributed by atoms with Gasteiger partial charge in [-0.2, -0.15) is 0 Å². The number of imide groups is 2. The van der Waals surface area contributed by atoms with Crippen LogP contribution in [0.4, 0.5) is 10.5 Å². The van der Waals surface area contributed by atoms with Crippen molar-refractivity contribution in [1.29, 1.82) is 0 Å². The maximum atomic E-state index is 13.2. The smallest absolute Gasteiger partial charge is 0.335 e. The molecule has 182 valence electrons. The number of methoxy groups -OCH3 is 1. The lowest BCUT2D eigenvalue weighted by molar-refractivity contribution is -0.122. The van der Waals surface area contributed by atoms with Crippen LogP contribution in [0.3, 0.4) is 0 Å². The average Bonchev–Trinajstić information content (AvgIpc) is 2.86. The summed E-state index contributed by atoms with van der Waals surface area (Å²) >= 11 is 5.90. The first-order valence-corrected chi connectivity index (χ1v) is 11.0. The number of amides is 4. The molecular formula is C26H19ClN2O7. The molecule has 10 heteroatoms. The van der Waals surface area contributed by atoms with Gasteiger partial charge in [0.15, 0.2) is 11.5 Å². The summed E-state index contributed by atoms with van der Waals surface area (Å²) in [5, 5.41) is 11.8. The van der Waals surface area contributed by atoms with Gasteiger partial charge < -0.3 is 14.6 Å². The molecule has 2 N–H and O–H groups in total. The number of para-hydroxylation sites is 1. The van der Waals surface area contributed by atoms with E-state index >= 15 is 0 Å². The Labute approximate surface area is 210 Å². The maximum absolute atomic E-state index is 13.2. The summed E-state index contributed by atoms with van der Waals surface area (Å²) in [7, 11) is 1.43. The Morgan fingerprint density at radius 3 is 2.47 bits per heavy atom. The topological polar surface area (TPSA) is 122 Å². The lowest BCUT2D eigenvalue weighted by Crippen LogP contribution is -2.54. The lowest BCUT2D eigenvalue weighted by atomic mass is 10.1. The van der Waals surface area contributed by atoms with E-state index < -0.39 is 23.8 Å². The van der Waals surface area contributed by atoms with Crippen molar-refractivity contribution in [2.24, 2.45) is 0 Å².